The number of nitrogens with one attached hydrogen (secondary N) is 1. The minimum atomic E-state index is -3.98. The molecule has 2 amide bonds. The number of nitrogen functional groups attached to an aromatic ring is 1. The molecular weight excluding hydrogens is 697 g/mol. The molecule has 248 valence electrons. The number of oxime groups is 1. The number of nitrogens with zero attached hydrogens (tertiary/aromatic N) is 4. The van der Waals surface area contributed by atoms with Crippen LogP contribution in [0.1, 0.15) is 28.6 Å². The molecule has 3 N–H and O–H groups in total. The van der Waals surface area contributed by atoms with Gasteiger partial charge in [-0.25, -0.2) is 23.2 Å². The molecule has 13 nitrogen and oxygen atoms in total. The highest BCUT2D eigenvalue weighted by Gasteiger charge is 2.55. The lowest BCUT2D eigenvalue weighted by molar-refractivity contribution is -0.154. The second-order valence-corrected chi connectivity index (χ2v) is 15.6. The van der Waals surface area contributed by atoms with E-state index in [-0.39, 0.29) is 37.9 Å². The maximum atomic E-state index is 14.2. The van der Waals surface area contributed by atoms with Crippen molar-refractivity contribution in [1.82, 2.24) is 20.2 Å². The Kier molecular flexibility index (Phi) is 9.63. The number of hydrogen-bond acceptors (Lipinski definition) is 14. The lowest BCUT2D eigenvalue weighted by Crippen LogP contribution is -2.71. The van der Waals surface area contributed by atoms with Gasteiger partial charge in [-0.15, -0.1) is 34.4 Å². The van der Waals surface area contributed by atoms with Crippen molar-refractivity contribution in [3.05, 3.63) is 105 Å². The highest BCUT2D eigenvalue weighted by molar-refractivity contribution is 8.00. The summed E-state index contributed by atoms with van der Waals surface area (Å²) in [6.45, 7) is 1.69. The third kappa shape index (κ3) is 6.71. The fourth-order valence-corrected chi connectivity index (χ4v) is 9.75. The molecule has 1 fully saturated rings. The number of ether oxygens (including phenoxy) is 1. The number of esters is 1. The van der Waals surface area contributed by atoms with E-state index in [0.717, 1.165) is 22.7 Å². The summed E-state index contributed by atoms with van der Waals surface area (Å²) in [4.78, 5) is 55.5. The van der Waals surface area contributed by atoms with Crippen LogP contribution in [0.15, 0.2) is 92.2 Å². The van der Waals surface area contributed by atoms with Gasteiger partial charge in [-0.1, -0.05) is 65.8 Å². The second kappa shape index (κ2) is 13.9. The standard InChI is InChI=1S/C31H28N6O7S4/c1-17-13-47-31(33-17)48(41,42)16-20-14-45-28-23(35-26(38)22(36-43-2)21-15-46-30(32)34-21)27(39)37(28)24(20)29(40)44-25(18-9-5-3-6-10-18)19-11-7-4-8-12-19/h3-13,15,23,25,28H,14,16H2,1-2H3,(H2,32,34)(H,35,38)/b36-22+/t23-,28-/m1/s1. The first-order valence-electron chi connectivity index (χ1n) is 14.3. The van der Waals surface area contributed by atoms with Crippen LogP contribution in [0.3, 0.4) is 0 Å². The van der Waals surface area contributed by atoms with Crippen molar-refractivity contribution in [2.45, 2.75) is 28.8 Å². The minimum Gasteiger partial charge on any atom is -0.448 e. The number of carbonyl (C=O) groups is 3. The first-order valence-corrected chi connectivity index (χ1v) is 18.8. The molecule has 0 unspecified atom stereocenters. The van der Waals surface area contributed by atoms with Crippen molar-refractivity contribution >= 4 is 72.9 Å². The van der Waals surface area contributed by atoms with E-state index >= 15 is 0 Å². The zero-order valence-corrected chi connectivity index (χ0v) is 28.7. The zero-order valence-electron chi connectivity index (χ0n) is 25.4. The van der Waals surface area contributed by atoms with Crippen molar-refractivity contribution in [3.63, 3.8) is 0 Å². The quantitative estimate of drug-likeness (QED) is 0.100. The molecule has 4 aromatic rings. The fraction of sp³-hybridized carbons (Fsp3) is 0.226. The molecule has 17 heteroatoms. The summed E-state index contributed by atoms with van der Waals surface area (Å²) < 4.78 is 33.0. The molecule has 0 saturated carbocycles. The second-order valence-electron chi connectivity index (χ2n) is 10.6. The third-order valence-corrected chi connectivity index (χ3v) is 12.5. The van der Waals surface area contributed by atoms with Gasteiger partial charge in [0.15, 0.2) is 16.9 Å². The van der Waals surface area contributed by atoms with Gasteiger partial charge in [-0.2, -0.15) is 0 Å². The lowest BCUT2D eigenvalue weighted by atomic mass is 10.0. The summed E-state index contributed by atoms with van der Waals surface area (Å²) in [5.74, 6) is -2.73. The van der Waals surface area contributed by atoms with Gasteiger partial charge in [0.25, 0.3) is 11.8 Å². The number of rotatable bonds is 11. The Hall–Kier alpha value is -4.58. The van der Waals surface area contributed by atoms with Gasteiger partial charge in [0.2, 0.25) is 14.2 Å². The smallest absolute Gasteiger partial charge is 0.356 e. The Morgan fingerprint density at radius 1 is 1.06 bits per heavy atom. The van der Waals surface area contributed by atoms with Crippen LogP contribution in [-0.4, -0.2) is 76.8 Å². The Morgan fingerprint density at radius 3 is 2.29 bits per heavy atom. The van der Waals surface area contributed by atoms with Gasteiger partial charge >= 0.3 is 5.97 Å². The van der Waals surface area contributed by atoms with Gasteiger partial charge in [0.05, 0.1) is 5.75 Å². The third-order valence-electron chi connectivity index (χ3n) is 7.35. The molecule has 6 rings (SSSR count). The van der Waals surface area contributed by atoms with Gasteiger partial charge in [0.1, 0.15) is 29.9 Å². The Balaban J connectivity index is 1.33. The minimum absolute atomic E-state index is 0.0673. The first kappa shape index (κ1) is 33.3. The SMILES string of the molecule is CO/N=C(/C(=O)N[C@@H]1C(=O)N2C(C(=O)OC(c3ccccc3)c3ccccc3)=C(CS(=O)(=O)c3nc(C)cs3)CS[C@H]12)c1csc(N)n1. The molecule has 0 radical (unpaired) electrons. The van der Waals surface area contributed by atoms with E-state index in [1.807, 2.05) is 60.7 Å². The number of sulfone groups is 1. The number of nitrogens with two attached hydrogens (primary N) is 1. The molecule has 0 spiro atoms. The number of amides is 2. The number of thiazole rings is 2. The predicted molar refractivity (Wildman–Crippen MR) is 182 cm³/mol. The summed E-state index contributed by atoms with van der Waals surface area (Å²) in [7, 11) is -2.71. The molecule has 2 aliphatic heterocycles. The molecular formula is C31H28N6O7S4. The number of fused-ring (bicyclic) bond motifs is 1. The summed E-state index contributed by atoms with van der Waals surface area (Å²) in [5.41, 5.74) is 7.62. The number of anilines is 1. The van der Waals surface area contributed by atoms with E-state index in [1.54, 1.807) is 12.3 Å². The number of carbonyl (C=O) groups excluding carboxylic acids is 3. The molecule has 0 aliphatic carbocycles. The van der Waals surface area contributed by atoms with Gasteiger partial charge in [0, 0.05) is 22.2 Å². The molecule has 1 saturated heterocycles. The Morgan fingerprint density at radius 2 is 1.73 bits per heavy atom. The first-order chi connectivity index (χ1) is 23.1. The van der Waals surface area contributed by atoms with Crippen molar-refractivity contribution < 1.29 is 32.4 Å². The van der Waals surface area contributed by atoms with Gasteiger partial charge < -0.3 is 20.6 Å². The number of thioether (sulfide) groups is 1. The van der Waals surface area contributed by atoms with Gasteiger partial charge in [-0.3, -0.25) is 14.5 Å². The number of β-lactam (4-membered cyclic amide) rings is 1. The Labute approximate surface area is 287 Å². The lowest BCUT2D eigenvalue weighted by Gasteiger charge is -2.49. The van der Waals surface area contributed by atoms with Crippen molar-refractivity contribution in [2.75, 3.05) is 24.3 Å². The van der Waals surface area contributed by atoms with E-state index in [0.29, 0.717) is 16.8 Å². The molecule has 0 bridgehead atoms. The van der Waals surface area contributed by atoms with Crippen LogP contribution in [0.25, 0.3) is 0 Å². The molecule has 2 atom stereocenters. The predicted octanol–water partition coefficient (Wildman–Crippen LogP) is 3.30. The zero-order chi connectivity index (χ0) is 34.0. The molecule has 4 heterocycles. The van der Waals surface area contributed by atoms with Crippen LogP contribution < -0.4 is 11.1 Å². The average Bonchev–Trinajstić information content (AvgIpc) is 3.73. The fourth-order valence-electron chi connectivity index (χ4n) is 5.20. The normalized spacial score (nSPS) is 17.9. The summed E-state index contributed by atoms with van der Waals surface area (Å²) in [5, 5.41) is 9.06. The number of aryl methyl sites for hydroxylation is 1. The maximum absolute atomic E-state index is 14.2. The largest absolute Gasteiger partial charge is 0.448 e. The van der Waals surface area contributed by atoms with Crippen LogP contribution in [0.2, 0.25) is 0 Å². The summed E-state index contributed by atoms with van der Waals surface area (Å²) >= 11 is 3.30. The Bertz CT molecular complexity index is 1990. The van der Waals surface area contributed by atoms with E-state index in [9.17, 15) is 22.8 Å². The van der Waals surface area contributed by atoms with Crippen LogP contribution in [0.4, 0.5) is 5.13 Å². The van der Waals surface area contributed by atoms with E-state index in [2.05, 4.69) is 20.4 Å². The van der Waals surface area contributed by atoms with E-state index in [1.165, 1.54) is 29.2 Å². The van der Waals surface area contributed by atoms with Crippen LogP contribution in [-0.2, 0) is 33.8 Å². The van der Waals surface area contributed by atoms with Crippen LogP contribution >= 0.6 is 34.4 Å². The molecule has 48 heavy (non-hydrogen) atoms. The number of aromatic nitrogens is 2. The average molecular weight is 725 g/mol. The summed E-state index contributed by atoms with van der Waals surface area (Å²) in [6, 6.07) is 17.1. The van der Waals surface area contributed by atoms with Crippen molar-refractivity contribution in [2.24, 2.45) is 5.16 Å². The van der Waals surface area contributed by atoms with Gasteiger partial charge in [-0.05, 0) is 23.6 Å². The van der Waals surface area contributed by atoms with Crippen LogP contribution in [0.5, 0.6) is 0 Å². The molecule has 2 aliphatic rings. The van der Waals surface area contributed by atoms with E-state index < -0.39 is 50.9 Å². The molecule has 2 aromatic carbocycles. The topological polar surface area (TPSA) is 183 Å². The maximum Gasteiger partial charge on any atom is 0.356 e. The number of hydrogen-bond donors (Lipinski definition) is 2. The number of benzene rings is 2. The van der Waals surface area contributed by atoms with E-state index in [4.69, 9.17) is 15.3 Å². The van der Waals surface area contributed by atoms with Crippen molar-refractivity contribution in [1.29, 1.82) is 0 Å². The highest BCUT2D eigenvalue weighted by atomic mass is 32.2. The van der Waals surface area contributed by atoms with Crippen molar-refractivity contribution in [3.8, 4) is 0 Å². The monoisotopic (exact) mass is 724 g/mol. The van der Waals surface area contributed by atoms with Crippen LogP contribution in [0, 0.1) is 6.92 Å². The molecule has 2 aromatic heterocycles. The summed E-state index contributed by atoms with van der Waals surface area (Å²) in [6.07, 6.45) is -0.856. The highest BCUT2D eigenvalue weighted by Crippen LogP contribution is 2.42.